The Morgan fingerprint density at radius 2 is 1.90 bits per heavy atom. The van der Waals surface area contributed by atoms with Gasteiger partial charge in [-0.05, 0) is 40.2 Å². The second kappa shape index (κ2) is 6.43. The van der Waals surface area contributed by atoms with E-state index in [0.717, 1.165) is 0 Å². The Balaban J connectivity index is 2.36. The summed E-state index contributed by atoms with van der Waals surface area (Å²) in [6, 6.07) is 5.62. The molecule has 2 rings (SSSR count). The highest BCUT2D eigenvalue weighted by atomic mass is 79.9. The molecule has 0 aliphatic heterocycles. The van der Waals surface area contributed by atoms with E-state index in [2.05, 4.69) is 26.2 Å². The van der Waals surface area contributed by atoms with Crippen LogP contribution in [-0.2, 0) is 0 Å². The molecule has 0 aliphatic carbocycles. The summed E-state index contributed by atoms with van der Waals surface area (Å²) in [5.41, 5.74) is 0.125. The molecular weight excluding hydrogens is 383 g/mol. The number of hydrogen-bond acceptors (Lipinski definition) is 3. The molecule has 0 saturated heterocycles. The molecule has 0 unspecified atom stereocenters. The summed E-state index contributed by atoms with van der Waals surface area (Å²) in [6.07, 6.45) is 1.45. The Hall–Kier alpha value is -1.63. The van der Waals surface area contributed by atoms with Crippen LogP contribution in [0.25, 0.3) is 0 Å². The Labute approximate surface area is 138 Å². The molecule has 1 aromatic carbocycles. The van der Waals surface area contributed by atoms with Crippen LogP contribution in [0.2, 0.25) is 10.2 Å². The summed E-state index contributed by atoms with van der Waals surface area (Å²) in [5, 5.41) is 11.9. The van der Waals surface area contributed by atoms with Gasteiger partial charge >= 0.3 is 5.97 Å². The van der Waals surface area contributed by atoms with Crippen LogP contribution in [0.4, 0.5) is 5.69 Å². The summed E-state index contributed by atoms with van der Waals surface area (Å²) in [5.74, 6) is -1.77. The highest BCUT2D eigenvalue weighted by Crippen LogP contribution is 2.23. The van der Waals surface area contributed by atoms with Crippen LogP contribution in [0.1, 0.15) is 20.7 Å². The van der Waals surface area contributed by atoms with E-state index in [0.29, 0.717) is 4.47 Å². The number of pyridine rings is 1. The van der Waals surface area contributed by atoms with Crippen molar-refractivity contribution in [3.05, 3.63) is 56.2 Å². The third-order valence-electron chi connectivity index (χ3n) is 2.51. The Morgan fingerprint density at radius 1 is 1.19 bits per heavy atom. The highest BCUT2D eigenvalue weighted by Gasteiger charge is 2.17. The maximum Gasteiger partial charge on any atom is 0.337 e. The number of amides is 1. The molecule has 108 valence electrons. The van der Waals surface area contributed by atoms with Crippen molar-refractivity contribution in [3.8, 4) is 0 Å². The number of aromatic nitrogens is 1. The lowest BCUT2D eigenvalue weighted by atomic mass is 10.1. The van der Waals surface area contributed by atoms with Crippen LogP contribution in [0, 0.1) is 0 Å². The van der Waals surface area contributed by atoms with E-state index in [1.807, 2.05) is 0 Å². The van der Waals surface area contributed by atoms with E-state index < -0.39 is 11.9 Å². The summed E-state index contributed by atoms with van der Waals surface area (Å²) >= 11 is 14.8. The van der Waals surface area contributed by atoms with Crippen molar-refractivity contribution in [1.82, 2.24) is 4.98 Å². The van der Waals surface area contributed by atoms with E-state index in [1.54, 1.807) is 0 Å². The first-order valence-corrected chi connectivity index (χ1v) is 7.08. The average Bonchev–Trinajstić information content (AvgIpc) is 2.43. The summed E-state index contributed by atoms with van der Waals surface area (Å²) in [7, 11) is 0. The van der Waals surface area contributed by atoms with Crippen LogP contribution in [0.3, 0.4) is 0 Å². The van der Waals surface area contributed by atoms with Gasteiger partial charge in [0.2, 0.25) is 0 Å². The quantitative estimate of drug-likeness (QED) is 0.774. The zero-order chi connectivity index (χ0) is 15.6. The van der Waals surface area contributed by atoms with Crippen molar-refractivity contribution < 1.29 is 14.7 Å². The number of nitrogens with zero attached hydrogens (tertiary/aromatic N) is 1. The fourth-order valence-corrected chi connectivity index (χ4v) is 2.27. The Morgan fingerprint density at radius 3 is 2.57 bits per heavy atom. The van der Waals surface area contributed by atoms with Crippen LogP contribution in [0.15, 0.2) is 34.9 Å². The lowest BCUT2D eigenvalue weighted by Crippen LogP contribution is -2.15. The van der Waals surface area contributed by atoms with Gasteiger partial charge in [0.05, 0.1) is 16.8 Å². The van der Waals surface area contributed by atoms with Crippen molar-refractivity contribution in [2.24, 2.45) is 0 Å². The molecule has 0 atom stereocenters. The van der Waals surface area contributed by atoms with Crippen LogP contribution >= 0.6 is 39.1 Å². The summed E-state index contributed by atoms with van der Waals surface area (Å²) in [6.45, 7) is 0. The molecule has 5 nitrogen and oxygen atoms in total. The van der Waals surface area contributed by atoms with Crippen LogP contribution in [0.5, 0.6) is 0 Å². The van der Waals surface area contributed by atoms with Gasteiger partial charge in [-0.2, -0.15) is 0 Å². The minimum absolute atomic E-state index is 0.0153. The molecule has 2 N–H and O–H groups in total. The van der Waals surface area contributed by atoms with E-state index in [1.165, 1.54) is 30.5 Å². The Bertz CT molecular complexity index is 737. The summed E-state index contributed by atoms with van der Waals surface area (Å²) in [4.78, 5) is 27.2. The van der Waals surface area contributed by atoms with Crippen molar-refractivity contribution in [1.29, 1.82) is 0 Å². The minimum Gasteiger partial charge on any atom is -0.478 e. The molecule has 8 heteroatoms. The van der Waals surface area contributed by atoms with Crippen LogP contribution < -0.4 is 5.32 Å². The van der Waals surface area contributed by atoms with Gasteiger partial charge in [-0.15, -0.1) is 0 Å². The number of carbonyl (C=O) groups excluding carboxylic acids is 1. The molecule has 0 bridgehead atoms. The second-order valence-electron chi connectivity index (χ2n) is 3.94. The molecule has 21 heavy (non-hydrogen) atoms. The molecule has 0 saturated carbocycles. The first-order chi connectivity index (χ1) is 9.88. The number of carboxylic acids is 1. The van der Waals surface area contributed by atoms with Gasteiger partial charge in [-0.1, -0.05) is 23.2 Å². The molecule has 0 fully saturated rings. The van der Waals surface area contributed by atoms with Gasteiger partial charge in [0.15, 0.2) is 0 Å². The highest BCUT2D eigenvalue weighted by molar-refractivity contribution is 9.10. The SMILES string of the molecule is O=C(O)c1cc(Cl)ccc1NC(=O)c1cc(Br)cnc1Cl. The zero-order valence-electron chi connectivity index (χ0n) is 10.2. The molecule has 0 spiro atoms. The topological polar surface area (TPSA) is 79.3 Å². The Kier molecular flexibility index (Phi) is 4.82. The number of benzene rings is 1. The smallest absolute Gasteiger partial charge is 0.337 e. The number of anilines is 1. The number of aromatic carboxylic acids is 1. The third-order valence-corrected chi connectivity index (χ3v) is 3.48. The van der Waals surface area contributed by atoms with Gasteiger partial charge in [-0.25, -0.2) is 9.78 Å². The van der Waals surface area contributed by atoms with Crippen LogP contribution in [-0.4, -0.2) is 22.0 Å². The number of carbonyl (C=O) groups is 2. The lowest BCUT2D eigenvalue weighted by molar-refractivity contribution is 0.0698. The van der Waals surface area contributed by atoms with Gasteiger partial charge in [0, 0.05) is 15.7 Å². The van der Waals surface area contributed by atoms with Crippen molar-refractivity contribution >= 4 is 56.7 Å². The fraction of sp³-hybridized carbons (Fsp3) is 0. The van der Waals surface area contributed by atoms with Crippen molar-refractivity contribution in [2.45, 2.75) is 0 Å². The monoisotopic (exact) mass is 388 g/mol. The second-order valence-corrected chi connectivity index (χ2v) is 5.65. The maximum atomic E-state index is 12.2. The fourth-order valence-electron chi connectivity index (χ4n) is 1.57. The number of nitrogens with one attached hydrogen (secondary N) is 1. The maximum absolute atomic E-state index is 12.2. The minimum atomic E-state index is -1.20. The molecule has 1 heterocycles. The molecular formula is C13H7BrCl2N2O3. The summed E-state index contributed by atoms with van der Waals surface area (Å²) < 4.78 is 0.576. The molecule has 1 aromatic heterocycles. The van der Waals surface area contributed by atoms with E-state index in [4.69, 9.17) is 28.3 Å². The number of halogens is 3. The van der Waals surface area contributed by atoms with E-state index in [9.17, 15) is 9.59 Å². The van der Waals surface area contributed by atoms with E-state index in [-0.39, 0.29) is 27.0 Å². The van der Waals surface area contributed by atoms with Gasteiger partial charge in [0.1, 0.15) is 5.15 Å². The lowest BCUT2D eigenvalue weighted by Gasteiger charge is -2.09. The molecule has 0 aliphatic rings. The predicted molar refractivity (Wildman–Crippen MR) is 83.3 cm³/mol. The number of carboxylic acid groups (broad SMARTS) is 1. The normalized spacial score (nSPS) is 10.2. The van der Waals surface area contributed by atoms with Crippen molar-refractivity contribution in [3.63, 3.8) is 0 Å². The number of hydrogen-bond donors (Lipinski definition) is 2. The third kappa shape index (κ3) is 3.72. The predicted octanol–water partition coefficient (Wildman–Crippen LogP) is 4.10. The van der Waals surface area contributed by atoms with Crippen molar-refractivity contribution in [2.75, 3.05) is 5.32 Å². The average molecular weight is 390 g/mol. The molecule has 2 aromatic rings. The molecule has 1 amide bonds. The first-order valence-electron chi connectivity index (χ1n) is 5.53. The van der Waals surface area contributed by atoms with E-state index >= 15 is 0 Å². The van der Waals surface area contributed by atoms with Gasteiger partial charge < -0.3 is 10.4 Å². The largest absolute Gasteiger partial charge is 0.478 e. The molecule has 0 radical (unpaired) electrons. The van der Waals surface area contributed by atoms with Gasteiger partial charge in [0.25, 0.3) is 5.91 Å². The number of rotatable bonds is 3. The standard InChI is InChI=1S/C13H7BrCl2N2O3/c14-6-3-9(11(16)17-5-6)12(19)18-10-2-1-7(15)4-8(10)13(20)21/h1-5H,(H,18,19)(H,20,21). The first kappa shape index (κ1) is 15.8. The zero-order valence-corrected chi connectivity index (χ0v) is 13.3. The van der Waals surface area contributed by atoms with Gasteiger partial charge in [-0.3, -0.25) is 4.79 Å².